The van der Waals surface area contributed by atoms with Crippen molar-refractivity contribution >= 4 is 29.2 Å². The summed E-state index contributed by atoms with van der Waals surface area (Å²) < 4.78 is 10.6. The Bertz CT molecular complexity index is 1170. The molecular formula is C24H23ClN2O6. The van der Waals surface area contributed by atoms with Gasteiger partial charge in [-0.1, -0.05) is 35.9 Å². The summed E-state index contributed by atoms with van der Waals surface area (Å²) in [6.07, 6.45) is 3.08. The number of halogens is 1. The van der Waals surface area contributed by atoms with E-state index >= 15 is 0 Å². The van der Waals surface area contributed by atoms with E-state index in [2.05, 4.69) is 5.32 Å². The van der Waals surface area contributed by atoms with Gasteiger partial charge in [0, 0.05) is 22.9 Å². The molecule has 0 radical (unpaired) electrons. The molecule has 0 saturated heterocycles. The number of benzene rings is 2. The van der Waals surface area contributed by atoms with Gasteiger partial charge in [-0.3, -0.25) is 14.9 Å². The lowest BCUT2D eigenvalue weighted by Crippen LogP contribution is -2.45. The topological polar surface area (TPSA) is 108 Å². The Labute approximate surface area is 196 Å². The van der Waals surface area contributed by atoms with Crippen LogP contribution in [0.15, 0.2) is 66.0 Å². The maximum atomic E-state index is 13.3. The number of esters is 2. The van der Waals surface area contributed by atoms with Crippen molar-refractivity contribution in [1.29, 1.82) is 0 Å². The van der Waals surface area contributed by atoms with E-state index in [-0.39, 0.29) is 29.5 Å². The minimum Gasteiger partial charge on any atom is -0.465 e. The standard InChI is InChI=1S/C24H23ClN2O6/c1-4-32-22(28)21-15(3)26-12-11-24(21,23(29)33-5-2)19-10-9-17(14-20(19)25)16-7-6-8-18(13-16)27(30)31/h6-14,26H,4-5H2,1-3H3. The molecule has 1 heterocycles. The van der Waals surface area contributed by atoms with Crippen LogP contribution in [0.4, 0.5) is 5.69 Å². The van der Waals surface area contributed by atoms with Crippen LogP contribution in [0.2, 0.25) is 5.02 Å². The second-order valence-electron chi connectivity index (χ2n) is 7.23. The van der Waals surface area contributed by atoms with Crippen LogP contribution in [-0.4, -0.2) is 30.1 Å². The molecule has 1 N–H and O–H groups in total. The molecule has 8 nitrogen and oxygen atoms in total. The Morgan fingerprint density at radius 2 is 1.79 bits per heavy atom. The van der Waals surface area contributed by atoms with E-state index in [0.29, 0.717) is 22.4 Å². The Hall–Kier alpha value is -3.65. The van der Waals surface area contributed by atoms with Gasteiger partial charge in [-0.25, -0.2) is 4.79 Å². The molecule has 0 saturated carbocycles. The lowest BCUT2D eigenvalue weighted by molar-refractivity contribution is -0.384. The Kier molecular flexibility index (Phi) is 7.18. The molecule has 33 heavy (non-hydrogen) atoms. The minimum atomic E-state index is -1.63. The van der Waals surface area contributed by atoms with Crippen molar-refractivity contribution in [3.05, 3.63) is 86.7 Å². The van der Waals surface area contributed by atoms with Crippen molar-refractivity contribution < 1.29 is 24.0 Å². The van der Waals surface area contributed by atoms with Crippen molar-refractivity contribution in [3.63, 3.8) is 0 Å². The number of rotatable bonds is 7. The molecule has 0 aromatic heterocycles. The first-order valence-corrected chi connectivity index (χ1v) is 10.7. The van der Waals surface area contributed by atoms with Crippen molar-refractivity contribution in [2.75, 3.05) is 13.2 Å². The van der Waals surface area contributed by atoms with Gasteiger partial charge in [0.25, 0.3) is 5.69 Å². The fourth-order valence-corrected chi connectivity index (χ4v) is 4.15. The summed E-state index contributed by atoms with van der Waals surface area (Å²) in [6.45, 7) is 5.23. The molecule has 0 bridgehead atoms. The fourth-order valence-electron chi connectivity index (χ4n) is 3.82. The summed E-state index contributed by atoms with van der Waals surface area (Å²) in [7, 11) is 0. The number of carbonyl (C=O) groups is 2. The Morgan fingerprint density at radius 1 is 1.09 bits per heavy atom. The predicted octanol–water partition coefficient (Wildman–Crippen LogP) is 4.67. The quantitative estimate of drug-likeness (QED) is 0.356. The smallest absolute Gasteiger partial charge is 0.337 e. The fraction of sp³-hybridized carbons (Fsp3) is 0.250. The lowest BCUT2D eigenvalue weighted by Gasteiger charge is -2.34. The van der Waals surface area contributed by atoms with Gasteiger partial charge in [0.15, 0.2) is 0 Å². The Morgan fingerprint density at radius 3 is 2.42 bits per heavy atom. The SMILES string of the molecule is CCOC(=O)C1=C(C)NC=CC1(C(=O)OCC)c1ccc(-c2cccc([N+](=O)[O-])c2)cc1Cl. The summed E-state index contributed by atoms with van der Waals surface area (Å²) in [4.78, 5) is 36.9. The zero-order valence-electron chi connectivity index (χ0n) is 18.4. The van der Waals surface area contributed by atoms with Crippen molar-refractivity contribution in [2.24, 2.45) is 0 Å². The van der Waals surface area contributed by atoms with Gasteiger partial charge in [0.1, 0.15) is 5.41 Å². The molecule has 2 aromatic rings. The van der Waals surface area contributed by atoms with Crippen LogP contribution < -0.4 is 5.32 Å². The largest absolute Gasteiger partial charge is 0.465 e. The summed E-state index contributed by atoms with van der Waals surface area (Å²) in [6, 6.07) is 11.0. The zero-order chi connectivity index (χ0) is 24.2. The number of nitrogens with zero attached hydrogens (tertiary/aromatic N) is 1. The third-order valence-electron chi connectivity index (χ3n) is 5.26. The van der Waals surface area contributed by atoms with Gasteiger partial charge in [-0.15, -0.1) is 0 Å². The summed E-state index contributed by atoms with van der Waals surface area (Å²) in [5, 5.41) is 14.3. The molecule has 1 aliphatic rings. The molecule has 0 spiro atoms. The molecule has 0 amide bonds. The zero-order valence-corrected chi connectivity index (χ0v) is 19.1. The van der Waals surface area contributed by atoms with Gasteiger partial charge >= 0.3 is 11.9 Å². The van der Waals surface area contributed by atoms with Crippen LogP contribution in [0.25, 0.3) is 11.1 Å². The maximum absolute atomic E-state index is 13.3. The van der Waals surface area contributed by atoms with E-state index in [4.69, 9.17) is 21.1 Å². The van der Waals surface area contributed by atoms with Crippen LogP contribution in [0.1, 0.15) is 26.3 Å². The number of carbonyl (C=O) groups excluding carboxylic acids is 2. The van der Waals surface area contributed by atoms with E-state index in [1.165, 1.54) is 18.2 Å². The van der Waals surface area contributed by atoms with Crippen molar-refractivity contribution in [1.82, 2.24) is 5.32 Å². The molecule has 2 aromatic carbocycles. The van der Waals surface area contributed by atoms with Gasteiger partial charge in [0.05, 0.1) is 23.7 Å². The molecule has 1 unspecified atom stereocenters. The van der Waals surface area contributed by atoms with Gasteiger partial charge in [-0.2, -0.15) is 0 Å². The van der Waals surface area contributed by atoms with E-state index < -0.39 is 22.3 Å². The van der Waals surface area contributed by atoms with E-state index in [1.807, 2.05) is 0 Å². The molecule has 0 fully saturated rings. The van der Waals surface area contributed by atoms with Gasteiger partial charge < -0.3 is 14.8 Å². The van der Waals surface area contributed by atoms with E-state index in [1.54, 1.807) is 57.3 Å². The summed E-state index contributed by atoms with van der Waals surface area (Å²) in [5.74, 6) is -1.34. The second-order valence-corrected chi connectivity index (χ2v) is 7.64. The summed E-state index contributed by atoms with van der Waals surface area (Å²) >= 11 is 6.67. The Balaban J connectivity index is 2.20. The molecule has 172 valence electrons. The molecule has 1 aliphatic heterocycles. The van der Waals surface area contributed by atoms with Crippen LogP contribution in [-0.2, 0) is 24.5 Å². The van der Waals surface area contributed by atoms with E-state index in [0.717, 1.165) is 0 Å². The molecule has 9 heteroatoms. The average Bonchev–Trinajstić information content (AvgIpc) is 2.79. The van der Waals surface area contributed by atoms with E-state index in [9.17, 15) is 19.7 Å². The highest BCUT2D eigenvalue weighted by atomic mass is 35.5. The number of nitro groups is 1. The number of ether oxygens (including phenoxy) is 2. The van der Waals surface area contributed by atoms with Gasteiger partial charge in [0.2, 0.25) is 0 Å². The number of non-ortho nitro benzene ring substituents is 1. The van der Waals surface area contributed by atoms with Crippen LogP contribution in [0, 0.1) is 10.1 Å². The first kappa shape index (κ1) is 24.0. The highest BCUT2D eigenvalue weighted by Gasteiger charge is 2.50. The molecule has 0 aliphatic carbocycles. The first-order valence-electron chi connectivity index (χ1n) is 10.3. The van der Waals surface area contributed by atoms with Gasteiger partial charge in [-0.05, 0) is 55.8 Å². The number of dihydropyridines is 1. The summed E-state index contributed by atoms with van der Waals surface area (Å²) in [5.41, 5.74) is 0.356. The maximum Gasteiger partial charge on any atom is 0.337 e. The minimum absolute atomic E-state index is 0.0554. The van der Waals surface area contributed by atoms with Crippen LogP contribution in [0.3, 0.4) is 0 Å². The van der Waals surface area contributed by atoms with Crippen molar-refractivity contribution in [2.45, 2.75) is 26.2 Å². The number of allylic oxidation sites excluding steroid dienone is 1. The van der Waals surface area contributed by atoms with Crippen LogP contribution in [0.5, 0.6) is 0 Å². The number of nitrogens with one attached hydrogen (secondary N) is 1. The molecule has 1 atom stereocenters. The highest BCUT2D eigenvalue weighted by Crippen LogP contribution is 2.43. The average molecular weight is 471 g/mol. The van der Waals surface area contributed by atoms with Crippen LogP contribution >= 0.6 is 11.6 Å². The number of hydrogen-bond acceptors (Lipinski definition) is 7. The first-order chi connectivity index (χ1) is 15.8. The third-order valence-corrected chi connectivity index (χ3v) is 5.58. The molecule has 3 rings (SSSR count). The monoisotopic (exact) mass is 470 g/mol. The normalized spacial score (nSPS) is 17.3. The van der Waals surface area contributed by atoms with Crippen molar-refractivity contribution in [3.8, 4) is 11.1 Å². The predicted molar refractivity (Wildman–Crippen MR) is 123 cm³/mol. The second kappa shape index (κ2) is 9.87. The molecular weight excluding hydrogens is 448 g/mol. The third kappa shape index (κ3) is 4.47. The lowest BCUT2D eigenvalue weighted by atomic mass is 9.71. The highest BCUT2D eigenvalue weighted by molar-refractivity contribution is 6.32. The number of nitro benzene ring substituents is 1. The number of hydrogen-bond donors (Lipinski definition) is 1.